The maximum Gasteiger partial charge on any atom is 0.258 e. The van der Waals surface area contributed by atoms with Crippen LogP contribution in [-0.4, -0.2) is 19.5 Å². The molecule has 1 aliphatic heterocycles. The van der Waals surface area contributed by atoms with Crippen LogP contribution in [0.1, 0.15) is 21.5 Å². The van der Waals surface area contributed by atoms with Gasteiger partial charge < -0.3 is 9.80 Å². The number of amides is 1. The maximum absolute atomic E-state index is 12.7. The number of fused-ring (bicyclic) bond motifs is 1. The summed E-state index contributed by atoms with van der Waals surface area (Å²) in [6, 6.07) is 26.3. The van der Waals surface area contributed by atoms with Crippen molar-refractivity contribution in [3.05, 3.63) is 95.6 Å². The first-order chi connectivity index (χ1) is 12.7. The zero-order valence-electron chi connectivity index (χ0n) is 14.9. The Kier molecular flexibility index (Phi) is 4.44. The quantitative estimate of drug-likeness (QED) is 0.696. The second-order valence-corrected chi connectivity index (χ2v) is 6.70. The largest absolute Gasteiger partial charge is 0.367 e. The van der Waals surface area contributed by atoms with Crippen LogP contribution in [-0.2, 0) is 13.0 Å². The smallest absolute Gasteiger partial charge is 0.258 e. The summed E-state index contributed by atoms with van der Waals surface area (Å²) in [6.07, 6.45) is 1.11. The Morgan fingerprint density at radius 1 is 0.923 bits per heavy atom. The molecule has 3 nitrogen and oxygen atoms in total. The van der Waals surface area contributed by atoms with Gasteiger partial charge in [0.2, 0.25) is 0 Å². The van der Waals surface area contributed by atoms with Crippen LogP contribution in [0.15, 0.2) is 78.9 Å². The molecule has 4 rings (SSSR count). The lowest BCUT2D eigenvalue weighted by Crippen LogP contribution is -2.26. The average molecular weight is 342 g/mol. The number of nitrogens with zero attached hydrogens (tertiary/aromatic N) is 2. The van der Waals surface area contributed by atoms with E-state index in [-0.39, 0.29) is 5.91 Å². The molecule has 0 spiro atoms. The Hall–Kier alpha value is -3.07. The Morgan fingerprint density at radius 3 is 2.38 bits per heavy atom. The molecule has 1 aliphatic rings. The first kappa shape index (κ1) is 16.4. The van der Waals surface area contributed by atoms with Gasteiger partial charge in [0, 0.05) is 37.1 Å². The van der Waals surface area contributed by atoms with Gasteiger partial charge in [-0.2, -0.15) is 0 Å². The zero-order chi connectivity index (χ0) is 17.9. The van der Waals surface area contributed by atoms with Gasteiger partial charge in [-0.15, -0.1) is 0 Å². The fourth-order valence-electron chi connectivity index (χ4n) is 3.51. The molecule has 26 heavy (non-hydrogen) atoms. The van der Waals surface area contributed by atoms with E-state index in [1.165, 1.54) is 16.8 Å². The third-order valence-corrected chi connectivity index (χ3v) is 5.01. The molecule has 0 bridgehead atoms. The second kappa shape index (κ2) is 7.04. The number of carbonyl (C=O) groups excluding carboxylic acids is 1. The Bertz CT molecular complexity index is 903. The topological polar surface area (TPSA) is 23.6 Å². The van der Waals surface area contributed by atoms with Crippen molar-refractivity contribution in [2.45, 2.75) is 13.0 Å². The van der Waals surface area contributed by atoms with Crippen molar-refractivity contribution in [2.24, 2.45) is 0 Å². The zero-order valence-corrected chi connectivity index (χ0v) is 14.9. The first-order valence-electron chi connectivity index (χ1n) is 8.97. The van der Waals surface area contributed by atoms with Crippen molar-refractivity contribution >= 4 is 17.3 Å². The molecule has 0 fully saturated rings. The molecule has 130 valence electrons. The van der Waals surface area contributed by atoms with Crippen LogP contribution in [0.3, 0.4) is 0 Å². The Balaban J connectivity index is 1.47. The van der Waals surface area contributed by atoms with E-state index in [1.807, 2.05) is 49.5 Å². The van der Waals surface area contributed by atoms with E-state index in [0.717, 1.165) is 25.2 Å². The van der Waals surface area contributed by atoms with Gasteiger partial charge >= 0.3 is 0 Å². The molecule has 0 unspecified atom stereocenters. The maximum atomic E-state index is 12.7. The van der Waals surface area contributed by atoms with E-state index < -0.39 is 0 Å². The van der Waals surface area contributed by atoms with Gasteiger partial charge in [-0.05, 0) is 47.9 Å². The molecule has 0 saturated carbocycles. The second-order valence-electron chi connectivity index (χ2n) is 6.70. The number of para-hydroxylation sites is 2. The van der Waals surface area contributed by atoms with Crippen LogP contribution in [0.2, 0.25) is 0 Å². The van der Waals surface area contributed by atoms with Crippen molar-refractivity contribution in [1.82, 2.24) is 0 Å². The summed E-state index contributed by atoms with van der Waals surface area (Å²) in [5.74, 6) is 0.00858. The van der Waals surface area contributed by atoms with Crippen molar-refractivity contribution in [2.75, 3.05) is 23.4 Å². The lowest BCUT2D eigenvalue weighted by Gasteiger charge is -2.20. The summed E-state index contributed by atoms with van der Waals surface area (Å²) in [5, 5.41) is 0. The fraction of sp³-hybridized carbons (Fsp3) is 0.174. The average Bonchev–Trinajstić information content (AvgIpc) is 3.11. The summed E-state index contributed by atoms with van der Waals surface area (Å²) < 4.78 is 0. The van der Waals surface area contributed by atoms with Crippen LogP contribution in [0.5, 0.6) is 0 Å². The summed E-state index contributed by atoms with van der Waals surface area (Å²) in [6.45, 7) is 1.93. The molecule has 0 N–H and O–H groups in total. The molecule has 0 atom stereocenters. The molecule has 0 saturated heterocycles. The highest BCUT2D eigenvalue weighted by Gasteiger charge is 2.18. The standard InChI is InChI=1S/C23H22N2O/c1-24(21-8-3-2-4-9-21)23(26)20-13-11-18(12-14-20)17-25-16-15-19-7-5-6-10-22(19)25/h2-14H,15-17H2,1H3. The Labute approximate surface area is 154 Å². The third kappa shape index (κ3) is 3.21. The van der Waals surface area contributed by atoms with Crippen molar-refractivity contribution < 1.29 is 4.79 Å². The van der Waals surface area contributed by atoms with Gasteiger partial charge in [-0.1, -0.05) is 48.5 Å². The number of rotatable bonds is 4. The molecule has 1 amide bonds. The summed E-state index contributed by atoms with van der Waals surface area (Å²) in [5.41, 5.74) is 5.58. The van der Waals surface area contributed by atoms with Gasteiger partial charge in [-0.3, -0.25) is 4.79 Å². The fourth-order valence-corrected chi connectivity index (χ4v) is 3.51. The highest BCUT2D eigenvalue weighted by molar-refractivity contribution is 6.05. The summed E-state index contributed by atoms with van der Waals surface area (Å²) in [7, 11) is 1.81. The predicted molar refractivity (Wildman–Crippen MR) is 107 cm³/mol. The van der Waals surface area contributed by atoms with E-state index in [0.29, 0.717) is 5.56 Å². The van der Waals surface area contributed by atoms with Crippen molar-refractivity contribution in [3.8, 4) is 0 Å². The number of carbonyl (C=O) groups is 1. The van der Waals surface area contributed by atoms with Gasteiger partial charge in [-0.25, -0.2) is 0 Å². The van der Waals surface area contributed by atoms with E-state index in [2.05, 4.69) is 41.3 Å². The minimum absolute atomic E-state index is 0.00858. The van der Waals surface area contributed by atoms with Gasteiger partial charge in [0.05, 0.1) is 0 Å². The molecule has 0 radical (unpaired) electrons. The predicted octanol–water partition coefficient (Wildman–Crippen LogP) is 4.53. The molecule has 0 aliphatic carbocycles. The molecule has 0 aromatic heterocycles. The SMILES string of the molecule is CN(C(=O)c1ccc(CN2CCc3ccccc32)cc1)c1ccccc1. The minimum atomic E-state index is 0.00858. The summed E-state index contributed by atoms with van der Waals surface area (Å²) >= 11 is 0. The number of anilines is 2. The first-order valence-corrected chi connectivity index (χ1v) is 8.97. The van der Waals surface area contributed by atoms with E-state index in [4.69, 9.17) is 0 Å². The molecule has 3 heteroatoms. The van der Waals surface area contributed by atoms with Gasteiger partial charge in [0.1, 0.15) is 0 Å². The lowest BCUT2D eigenvalue weighted by atomic mass is 10.1. The summed E-state index contributed by atoms with van der Waals surface area (Å²) in [4.78, 5) is 16.8. The van der Waals surface area contributed by atoms with Crippen molar-refractivity contribution in [3.63, 3.8) is 0 Å². The molecular formula is C23H22N2O. The van der Waals surface area contributed by atoms with E-state index in [9.17, 15) is 4.79 Å². The van der Waals surface area contributed by atoms with Crippen LogP contribution >= 0.6 is 0 Å². The third-order valence-electron chi connectivity index (χ3n) is 5.01. The normalized spacial score (nSPS) is 12.7. The minimum Gasteiger partial charge on any atom is -0.367 e. The van der Waals surface area contributed by atoms with E-state index >= 15 is 0 Å². The lowest BCUT2D eigenvalue weighted by molar-refractivity contribution is 0.0993. The molecule has 1 heterocycles. The highest BCUT2D eigenvalue weighted by atomic mass is 16.2. The van der Waals surface area contributed by atoms with Crippen LogP contribution in [0, 0.1) is 0 Å². The van der Waals surface area contributed by atoms with Crippen molar-refractivity contribution in [1.29, 1.82) is 0 Å². The van der Waals surface area contributed by atoms with Gasteiger partial charge in [0.25, 0.3) is 5.91 Å². The Morgan fingerprint density at radius 2 is 1.62 bits per heavy atom. The molecular weight excluding hydrogens is 320 g/mol. The number of hydrogen-bond donors (Lipinski definition) is 0. The number of benzene rings is 3. The monoisotopic (exact) mass is 342 g/mol. The molecule has 3 aromatic rings. The van der Waals surface area contributed by atoms with Crippen LogP contribution in [0.4, 0.5) is 11.4 Å². The van der Waals surface area contributed by atoms with Crippen LogP contribution in [0.25, 0.3) is 0 Å². The van der Waals surface area contributed by atoms with E-state index in [1.54, 1.807) is 4.90 Å². The number of hydrogen-bond acceptors (Lipinski definition) is 2. The highest BCUT2D eigenvalue weighted by Crippen LogP contribution is 2.28. The van der Waals surface area contributed by atoms with Gasteiger partial charge in [0.15, 0.2) is 0 Å². The molecule has 3 aromatic carbocycles. The van der Waals surface area contributed by atoms with Crippen LogP contribution < -0.4 is 9.80 Å².